The molecule has 5 unspecified atom stereocenters. The molecule has 4 rings (SSSR count). The van der Waals surface area contributed by atoms with Gasteiger partial charge in [0.05, 0.1) is 10.6 Å². The number of hydrogen-bond donors (Lipinski definition) is 2. The van der Waals surface area contributed by atoms with Gasteiger partial charge in [-0.15, -0.1) is 0 Å². The smallest absolute Gasteiger partial charge is 0.390 e. The van der Waals surface area contributed by atoms with Gasteiger partial charge in [0.25, 0.3) is 0 Å². The summed E-state index contributed by atoms with van der Waals surface area (Å²) in [7, 11) is -5.96. The third-order valence-electron chi connectivity index (χ3n) is 7.43. The van der Waals surface area contributed by atoms with Crippen molar-refractivity contribution in [3.63, 3.8) is 0 Å². The van der Waals surface area contributed by atoms with Gasteiger partial charge in [0.2, 0.25) is 5.91 Å². The van der Waals surface area contributed by atoms with E-state index in [4.69, 9.17) is 11.6 Å². The Morgan fingerprint density at radius 2 is 1.97 bits per heavy atom. The molecule has 1 aliphatic carbocycles. The Labute approximate surface area is 213 Å². The van der Waals surface area contributed by atoms with Gasteiger partial charge in [-0.3, -0.25) is 4.79 Å². The second-order valence-corrected chi connectivity index (χ2v) is 13.0. The van der Waals surface area contributed by atoms with Gasteiger partial charge >= 0.3 is 15.6 Å². The van der Waals surface area contributed by atoms with Crippen LogP contribution in [0.15, 0.2) is 18.3 Å². The molecule has 2 aliphatic rings. The Bertz CT molecular complexity index is 1290. The summed E-state index contributed by atoms with van der Waals surface area (Å²) >= 11 is 6.07. The maximum absolute atomic E-state index is 13.5. The zero-order valence-corrected chi connectivity index (χ0v) is 22.0. The highest BCUT2D eigenvalue weighted by molar-refractivity contribution is 7.88. The number of nitrogens with zero attached hydrogens (tertiary/aromatic N) is 1. The average molecular weight is 551 g/mol. The molecule has 12 heteroatoms. The number of carbonyl (C=O) groups excluding carboxylic acids is 1. The largest absolute Gasteiger partial charge is 0.534 e. The topological polar surface area (TPSA) is 99.7 Å². The quantitative estimate of drug-likeness (QED) is 0.380. The number of amides is 1. The van der Waals surface area contributed by atoms with Crippen molar-refractivity contribution in [2.75, 3.05) is 0 Å². The number of hydrogen-bond acceptors (Lipinski definition) is 5. The van der Waals surface area contributed by atoms with Crippen molar-refractivity contribution < 1.29 is 35.7 Å². The fraction of sp³-hybridized carbons (Fsp3) is 0.625. The van der Waals surface area contributed by atoms with Crippen molar-refractivity contribution in [3.05, 3.63) is 28.9 Å². The number of rotatable bonds is 5. The van der Waals surface area contributed by atoms with Gasteiger partial charge in [-0.05, 0) is 68.6 Å². The molecule has 7 nitrogen and oxygen atoms in total. The van der Waals surface area contributed by atoms with Crippen molar-refractivity contribution in [3.8, 4) is 5.75 Å². The Hall–Kier alpha value is -1.98. The van der Waals surface area contributed by atoms with E-state index < -0.39 is 32.9 Å². The number of H-pyrrole nitrogens is 1. The van der Waals surface area contributed by atoms with Gasteiger partial charge in [0.1, 0.15) is 0 Å². The lowest BCUT2D eigenvalue weighted by molar-refractivity contribution is -0.154. The van der Waals surface area contributed by atoms with Gasteiger partial charge in [0, 0.05) is 35.6 Å². The molecule has 1 aliphatic heterocycles. The predicted molar refractivity (Wildman–Crippen MR) is 129 cm³/mol. The number of aromatic amines is 1. The SMILES string of the molecule is CC(CC(=O)N1C(C)CC2(C)CC1CC(C)(O)C2)c1c[nH]c2ccc(Cl)c(OS(=O)(=O)C(F)(F)F)c12. The third kappa shape index (κ3) is 4.93. The summed E-state index contributed by atoms with van der Waals surface area (Å²) in [4.78, 5) is 18.2. The van der Waals surface area contributed by atoms with E-state index in [1.54, 1.807) is 13.8 Å². The van der Waals surface area contributed by atoms with Gasteiger partial charge in [-0.2, -0.15) is 21.6 Å². The molecular formula is C24H30ClF3N2O5S. The molecule has 200 valence electrons. The summed E-state index contributed by atoms with van der Waals surface area (Å²) in [5, 5.41) is 10.6. The van der Waals surface area contributed by atoms with E-state index in [9.17, 15) is 31.5 Å². The number of fused-ring (bicyclic) bond motifs is 3. The first kappa shape index (κ1) is 27.1. The van der Waals surface area contributed by atoms with Crippen molar-refractivity contribution in [1.29, 1.82) is 0 Å². The first-order chi connectivity index (χ1) is 16.4. The van der Waals surface area contributed by atoms with Crippen LogP contribution in [0.3, 0.4) is 0 Å². The lowest BCUT2D eigenvalue weighted by Crippen LogP contribution is -2.60. The van der Waals surface area contributed by atoms with Crippen molar-refractivity contribution in [1.82, 2.24) is 9.88 Å². The maximum atomic E-state index is 13.5. The second-order valence-electron chi connectivity index (χ2n) is 11.0. The minimum absolute atomic E-state index is 0.0298. The second kappa shape index (κ2) is 8.80. The molecule has 1 saturated heterocycles. The third-order valence-corrected chi connectivity index (χ3v) is 8.68. The predicted octanol–water partition coefficient (Wildman–Crippen LogP) is 5.47. The number of likely N-dealkylation sites (tertiary alicyclic amines) is 1. The Kier molecular flexibility index (Phi) is 6.62. The molecule has 1 amide bonds. The van der Waals surface area contributed by atoms with Gasteiger partial charge in [-0.1, -0.05) is 25.4 Å². The van der Waals surface area contributed by atoms with E-state index >= 15 is 0 Å². The molecule has 2 bridgehead atoms. The van der Waals surface area contributed by atoms with E-state index in [1.165, 1.54) is 18.3 Å². The summed E-state index contributed by atoms with van der Waals surface area (Å²) in [6.07, 6.45) is 4.26. The maximum Gasteiger partial charge on any atom is 0.534 e. The normalized spacial score (nSPS) is 29.9. The Balaban J connectivity index is 1.63. The molecule has 2 fully saturated rings. The van der Waals surface area contributed by atoms with E-state index in [0.717, 1.165) is 12.8 Å². The van der Waals surface area contributed by atoms with E-state index in [2.05, 4.69) is 16.1 Å². The van der Waals surface area contributed by atoms with Crippen molar-refractivity contribution in [2.45, 2.75) is 88.9 Å². The standard InChI is InChI=1S/C24H30ClF3N2O5S/c1-13(7-19(31)30-14(2)8-22(3)9-15(30)10-23(4,32)12-22)16-11-29-18-6-5-17(25)21(20(16)18)35-36(33,34)24(26,27)28/h5-6,11,13-15,29,32H,7-10,12H2,1-4H3. The van der Waals surface area contributed by atoms with Crippen LogP contribution in [0, 0.1) is 5.41 Å². The molecule has 2 heterocycles. The molecule has 36 heavy (non-hydrogen) atoms. The van der Waals surface area contributed by atoms with Gasteiger partial charge in [0.15, 0.2) is 5.75 Å². The summed E-state index contributed by atoms with van der Waals surface area (Å²) in [6, 6.07) is 2.59. The summed E-state index contributed by atoms with van der Waals surface area (Å²) in [5.41, 5.74) is -5.81. The van der Waals surface area contributed by atoms with E-state index in [0.29, 0.717) is 23.9 Å². The molecule has 5 atom stereocenters. The molecule has 1 aromatic heterocycles. The van der Waals surface area contributed by atoms with Crippen molar-refractivity contribution >= 4 is 38.5 Å². The highest BCUT2D eigenvalue weighted by Crippen LogP contribution is 2.51. The van der Waals surface area contributed by atoms with E-state index in [-0.39, 0.29) is 40.2 Å². The van der Waals surface area contributed by atoms with Crippen LogP contribution >= 0.6 is 11.6 Å². The highest BCUT2D eigenvalue weighted by atomic mass is 35.5. The number of piperidine rings is 1. The zero-order valence-electron chi connectivity index (χ0n) is 20.4. The fourth-order valence-electron chi connectivity index (χ4n) is 6.48. The number of benzene rings is 1. The van der Waals surface area contributed by atoms with Gasteiger partial charge < -0.3 is 19.2 Å². The Morgan fingerprint density at radius 3 is 2.61 bits per heavy atom. The number of alkyl halides is 3. The minimum atomic E-state index is -5.96. The monoisotopic (exact) mass is 550 g/mol. The van der Waals surface area contributed by atoms with Crippen LogP contribution in [0.4, 0.5) is 13.2 Å². The molecule has 0 spiro atoms. The van der Waals surface area contributed by atoms with Crippen LogP contribution < -0.4 is 4.18 Å². The molecule has 1 saturated carbocycles. The highest BCUT2D eigenvalue weighted by Gasteiger charge is 2.51. The fourth-order valence-corrected chi connectivity index (χ4v) is 7.21. The lowest BCUT2D eigenvalue weighted by Gasteiger charge is -2.56. The number of halogens is 4. The molecule has 2 N–H and O–H groups in total. The van der Waals surface area contributed by atoms with Crippen LogP contribution in [-0.2, 0) is 14.9 Å². The van der Waals surface area contributed by atoms with E-state index in [1.807, 2.05) is 11.8 Å². The molecule has 2 aromatic rings. The first-order valence-electron chi connectivity index (χ1n) is 11.8. The summed E-state index contributed by atoms with van der Waals surface area (Å²) in [5.74, 6) is -1.26. The van der Waals surface area contributed by atoms with Crippen LogP contribution in [0.1, 0.15) is 71.3 Å². The number of nitrogens with one attached hydrogen (secondary N) is 1. The van der Waals surface area contributed by atoms with Crippen LogP contribution in [0.25, 0.3) is 10.9 Å². The van der Waals surface area contributed by atoms with Crippen LogP contribution in [-0.4, -0.2) is 52.5 Å². The Morgan fingerprint density at radius 1 is 1.31 bits per heavy atom. The van der Waals surface area contributed by atoms with Crippen molar-refractivity contribution in [2.24, 2.45) is 5.41 Å². The molecule has 1 aromatic carbocycles. The summed E-state index contributed by atoms with van der Waals surface area (Å²) in [6.45, 7) is 7.66. The number of aromatic nitrogens is 1. The zero-order chi connectivity index (χ0) is 26.8. The van der Waals surface area contributed by atoms with Gasteiger partial charge in [-0.25, -0.2) is 0 Å². The number of carbonyl (C=O) groups is 1. The van der Waals surface area contributed by atoms with Crippen LogP contribution in [0.2, 0.25) is 5.02 Å². The molecular weight excluding hydrogens is 521 g/mol. The summed E-state index contributed by atoms with van der Waals surface area (Å²) < 4.78 is 66.9. The lowest BCUT2D eigenvalue weighted by atomic mass is 9.61. The average Bonchev–Trinajstić information content (AvgIpc) is 3.11. The molecule has 0 radical (unpaired) electrons. The first-order valence-corrected chi connectivity index (χ1v) is 13.6. The van der Waals surface area contributed by atoms with Crippen LogP contribution in [0.5, 0.6) is 5.75 Å². The number of aliphatic hydroxyl groups is 1. The minimum Gasteiger partial charge on any atom is -0.390 e.